The van der Waals surface area contributed by atoms with Gasteiger partial charge in [-0.1, -0.05) is 82.8 Å². The van der Waals surface area contributed by atoms with Crippen LogP contribution in [0.1, 0.15) is 31.9 Å². The van der Waals surface area contributed by atoms with Crippen molar-refractivity contribution >= 4 is 66.7 Å². The number of hydrogen-bond acceptors (Lipinski definition) is 4. The van der Waals surface area contributed by atoms with Gasteiger partial charge in [-0.2, -0.15) is 0 Å². The van der Waals surface area contributed by atoms with Gasteiger partial charge in [0.15, 0.2) is 0 Å². The van der Waals surface area contributed by atoms with E-state index in [9.17, 15) is 18.0 Å². The minimum Gasteiger partial charge on any atom is -0.354 e. The highest BCUT2D eigenvalue weighted by Gasteiger charge is 2.32. The Bertz CT molecular complexity index is 1470. The Kier molecular flexibility index (Phi) is 11.1. The van der Waals surface area contributed by atoms with E-state index in [1.165, 1.54) is 35.2 Å². The van der Waals surface area contributed by atoms with Crippen molar-refractivity contribution in [3.05, 3.63) is 92.4 Å². The van der Waals surface area contributed by atoms with Crippen LogP contribution in [0.2, 0.25) is 10.0 Å². The maximum atomic E-state index is 14.0. The van der Waals surface area contributed by atoms with E-state index in [1.54, 1.807) is 19.1 Å². The molecule has 0 saturated carbocycles. The van der Waals surface area contributed by atoms with Crippen molar-refractivity contribution in [2.24, 2.45) is 5.92 Å². The molecule has 214 valence electrons. The summed E-state index contributed by atoms with van der Waals surface area (Å²) < 4.78 is 29.6. The number of carbonyl (C=O) groups excluding carboxylic acids is 2. The SMILES string of the molecule is Cc1ccc(S(=O)(=O)N(CC(=O)N(Cc2cccc(Br)c2)[C@H](C)C(=O)NCC(C)C)c2ccc(Cl)c(Cl)c2)cc1. The Balaban J connectivity index is 2.04. The third-order valence-corrected chi connectivity index (χ3v) is 9.19. The van der Waals surface area contributed by atoms with Crippen molar-refractivity contribution in [2.45, 2.75) is 45.2 Å². The number of halogens is 3. The summed E-state index contributed by atoms with van der Waals surface area (Å²) in [5.41, 5.74) is 1.83. The quantitative estimate of drug-likeness (QED) is 0.255. The number of aryl methyl sites for hydroxylation is 1. The maximum Gasteiger partial charge on any atom is 0.264 e. The first-order chi connectivity index (χ1) is 18.8. The number of carbonyl (C=O) groups is 2. The zero-order valence-electron chi connectivity index (χ0n) is 22.7. The summed E-state index contributed by atoms with van der Waals surface area (Å²) in [7, 11) is -4.20. The van der Waals surface area contributed by atoms with Gasteiger partial charge in [0.25, 0.3) is 10.0 Å². The largest absolute Gasteiger partial charge is 0.354 e. The Hall–Kier alpha value is -2.59. The Morgan fingerprint density at radius 1 is 0.950 bits per heavy atom. The van der Waals surface area contributed by atoms with Crippen LogP contribution >= 0.6 is 39.1 Å². The van der Waals surface area contributed by atoms with E-state index in [0.717, 1.165) is 19.9 Å². The molecule has 0 radical (unpaired) electrons. The van der Waals surface area contributed by atoms with Gasteiger partial charge in [-0.25, -0.2) is 8.42 Å². The second kappa shape index (κ2) is 13.9. The number of nitrogens with one attached hydrogen (secondary N) is 1. The van der Waals surface area contributed by atoms with Gasteiger partial charge in [-0.15, -0.1) is 0 Å². The molecule has 40 heavy (non-hydrogen) atoms. The van der Waals surface area contributed by atoms with Gasteiger partial charge in [-0.05, 0) is 67.8 Å². The molecule has 0 fully saturated rings. The molecule has 3 aromatic carbocycles. The number of nitrogens with zero attached hydrogens (tertiary/aromatic N) is 2. The third-order valence-electron chi connectivity index (χ3n) is 6.17. The van der Waals surface area contributed by atoms with Crippen molar-refractivity contribution in [1.29, 1.82) is 0 Å². The topological polar surface area (TPSA) is 86.8 Å². The first-order valence-electron chi connectivity index (χ1n) is 12.7. The lowest BCUT2D eigenvalue weighted by Gasteiger charge is -2.32. The number of amides is 2. The normalized spacial score (nSPS) is 12.2. The fourth-order valence-corrected chi connectivity index (χ4v) is 6.02. The van der Waals surface area contributed by atoms with Crippen LogP contribution < -0.4 is 9.62 Å². The molecule has 1 atom stereocenters. The minimum absolute atomic E-state index is 0.0123. The average molecular weight is 669 g/mol. The van der Waals surface area contributed by atoms with Crippen molar-refractivity contribution in [1.82, 2.24) is 10.2 Å². The molecule has 2 amide bonds. The molecule has 7 nitrogen and oxygen atoms in total. The van der Waals surface area contributed by atoms with E-state index in [2.05, 4.69) is 21.2 Å². The Labute approximate surface area is 254 Å². The van der Waals surface area contributed by atoms with Gasteiger partial charge < -0.3 is 10.2 Å². The molecule has 11 heteroatoms. The summed E-state index contributed by atoms with van der Waals surface area (Å²) >= 11 is 15.8. The van der Waals surface area contributed by atoms with Crippen LogP contribution in [0.4, 0.5) is 5.69 Å². The molecule has 0 saturated heterocycles. The third kappa shape index (κ3) is 8.22. The molecular weight excluding hydrogens is 637 g/mol. The van der Waals surface area contributed by atoms with Crippen LogP contribution in [0.25, 0.3) is 0 Å². The lowest BCUT2D eigenvalue weighted by atomic mass is 10.1. The predicted octanol–water partition coefficient (Wildman–Crippen LogP) is 6.45. The summed E-state index contributed by atoms with van der Waals surface area (Å²) in [6.45, 7) is 7.39. The first kappa shape index (κ1) is 31.9. The Morgan fingerprint density at radius 3 is 2.23 bits per heavy atom. The molecule has 0 aliphatic rings. The van der Waals surface area contributed by atoms with Gasteiger partial charge in [0.1, 0.15) is 12.6 Å². The fourth-order valence-electron chi connectivity index (χ4n) is 3.87. The van der Waals surface area contributed by atoms with Crippen LogP contribution in [-0.4, -0.2) is 44.3 Å². The van der Waals surface area contributed by atoms with Crippen LogP contribution in [0, 0.1) is 12.8 Å². The number of hydrogen-bond donors (Lipinski definition) is 1. The molecule has 0 aliphatic carbocycles. The van der Waals surface area contributed by atoms with Gasteiger partial charge in [0, 0.05) is 17.6 Å². The number of benzene rings is 3. The fraction of sp³-hybridized carbons (Fsp3) is 0.310. The van der Waals surface area contributed by atoms with E-state index >= 15 is 0 Å². The highest BCUT2D eigenvalue weighted by atomic mass is 79.9. The summed E-state index contributed by atoms with van der Waals surface area (Å²) in [6.07, 6.45) is 0. The minimum atomic E-state index is -4.20. The molecule has 0 bridgehead atoms. The highest BCUT2D eigenvalue weighted by molar-refractivity contribution is 9.10. The number of sulfonamides is 1. The molecule has 3 aromatic rings. The summed E-state index contributed by atoms with van der Waals surface area (Å²) in [5, 5.41) is 3.26. The van der Waals surface area contributed by atoms with Crippen LogP contribution in [0.3, 0.4) is 0 Å². The monoisotopic (exact) mass is 667 g/mol. The summed E-state index contributed by atoms with van der Waals surface area (Å²) in [4.78, 5) is 28.4. The molecular formula is C29H32BrCl2N3O4S. The van der Waals surface area contributed by atoms with Crippen molar-refractivity contribution in [3.63, 3.8) is 0 Å². The lowest BCUT2D eigenvalue weighted by Crippen LogP contribution is -2.51. The molecule has 1 N–H and O–H groups in total. The van der Waals surface area contributed by atoms with Crippen molar-refractivity contribution in [3.8, 4) is 0 Å². The molecule has 0 aromatic heterocycles. The van der Waals surface area contributed by atoms with Crippen LogP contribution in [0.5, 0.6) is 0 Å². The van der Waals surface area contributed by atoms with Gasteiger partial charge >= 0.3 is 0 Å². The van der Waals surface area contributed by atoms with E-state index in [1.807, 2.05) is 45.0 Å². The lowest BCUT2D eigenvalue weighted by molar-refractivity contribution is -0.139. The highest BCUT2D eigenvalue weighted by Crippen LogP contribution is 2.31. The maximum absolute atomic E-state index is 14.0. The smallest absolute Gasteiger partial charge is 0.264 e. The number of anilines is 1. The molecule has 3 rings (SSSR count). The van der Waals surface area contributed by atoms with E-state index in [0.29, 0.717) is 6.54 Å². The van der Waals surface area contributed by atoms with E-state index in [4.69, 9.17) is 23.2 Å². The summed E-state index contributed by atoms with van der Waals surface area (Å²) in [6, 6.07) is 17.2. The van der Waals surface area contributed by atoms with Crippen LogP contribution in [-0.2, 0) is 26.2 Å². The predicted molar refractivity (Wildman–Crippen MR) is 164 cm³/mol. The number of rotatable bonds is 11. The summed E-state index contributed by atoms with van der Waals surface area (Å²) in [5.74, 6) is -0.677. The molecule has 0 spiro atoms. The Morgan fingerprint density at radius 2 is 1.62 bits per heavy atom. The molecule has 0 aliphatic heterocycles. The van der Waals surface area contributed by atoms with Gasteiger partial charge in [-0.3, -0.25) is 13.9 Å². The van der Waals surface area contributed by atoms with Gasteiger partial charge in [0.05, 0.1) is 20.6 Å². The second-order valence-corrected chi connectivity index (χ2v) is 13.5. The van der Waals surface area contributed by atoms with Crippen molar-refractivity contribution < 1.29 is 18.0 Å². The zero-order chi connectivity index (χ0) is 29.6. The van der Waals surface area contributed by atoms with E-state index < -0.39 is 28.5 Å². The van der Waals surface area contributed by atoms with Crippen LogP contribution in [0.15, 0.2) is 76.1 Å². The van der Waals surface area contributed by atoms with Crippen molar-refractivity contribution in [2.75, 3.05) is 17.4 Å². The molecule has 0 heterocycles. The zero-order valence-corrected chi connectivity index (χ0v) is 26.6. The first-order valence-corrected chi connectivity index (χ1v) is 15.6. The molecule has 0 unspecified atom stereocenters. The standard InChI is InChI=1S/C29H32BrCl2N3O4S/c1-19(2)16-33-29(37)21(4)34(17-22-6-5-7-23(30)14-22)28(36)18-35(24-10-13-26(31)27(32)15-24)40(38,39)25-11-8-20(3)9-12-25/h5-15,19,21H,16-18H2,1-4H3,(H,33,37)/t21-/m1/s1. The van der Waals surface area contributed by atoms with Gasteiger partial charge in [0.2, 0.25) is 11.8 Å². The van der Waals surface area contributed by atoms with E-state index in [-0.39, 0.29) is 39.0 Å². The average Bonchev–Trinajstić information content (AvgIpc) is 2.90. The second-order valence-electron chi connectivity index (χ2n) is 9.89.